The Hall–Kier alpha value is -2.82. The second-order valence-corrected chi connectivity index (χ2v) is 6.14. The Bertz CT molecular complexity index is 678. The van der Waals surface area contributed by atoms with E-state index in [2.05, 4.69) is 0 Å². The maximum atomic E-state index is 13.0. The van der Waals surface area contributed by atoms with Gasteiger partial charge in [0.05, 0.1) is 11.2 Å². The number of primary amides is 1. The van der Waals surface area contributed by atoms with E-state index in [1.54, 1.807) is 48.5 Å². The number of para-hydroxylation sites is 1. The molecule has 5 heteroatoms. The maximum Gasteiger partial charge on any atom is 0.338 e. The van der Waals surface area contributed by atoms with Crippen molar-refractivity contribution >= 4 is 17.6 Å². The molecule has 0 spiro atoms. The van der Waals surface area contributed by atoms with Crippen molar-refractivity contribution in [1.29, 1.82) is 0 Å². The lowest BCUT2D eigenvalue weighted by Crippen LogP contribution is -2.60. The predicted octanol–water partition coefficient (Wildman–Crippen LogP) is 3.43. The van der Waals surface area contributed by atoms with Gasteiger partial charge < -0.3 is 5.73 Å². The lowest BCUT2D eigenvalue weighted by atomic mass is 10.1. The van der Waals surface area contributed by atoms with Crippen LogP contribution >= 0.6 is 0 Å². The summed E-state index contributed by atoms with van der Waals surface area (Å²) in [5.74, 6) is -0.291. The Labute approximate surface area is 136 Å². The molecular formula is C18H21N3O2. The minimum atomic E-state index is -0.713. The minimum absolute atomic E-state index is 0.291. The largest absolute Gasteiger partial charge is 0.350 e. The van der Waals surface area contributed by atoms with Gasteiger partial charge in [0, 0.05) is 5.56 Å². The fourth-order valence-electron chi connectivity index (χ4n) is 2.31. The SMILES string of the molecule is CC(C)(C)N(C(=O)c1ccccc1)N(C(N)=O)c1ccccc1. The van der Waals surface area contributed by atoms with Crippen LogP contribution in [0, 0.1) is 0 Å². The molecule has 3 amide bonds. The predicted molar refractivity (Wildman–Crippen MR) is 90.9 cm³/mol. The van der Waals surface area contributed by atoms with Crippen molar-refractivity contribution in [3.05, 3.63) is 66.2 Å². The molecule has 0 saturated heterocycles. The summed E-state index contributed by atoms with van der Waals surface area (Å²) in [5, 5.41) is 2.61. The van der Waals surface area contributed by atoms with Gasteiger partial charge >= 0.3 is 6.03 Å². The average Bonchev–Trinajstić information content (AvgIpc) is 2.52. The van der Waals surface area contributed by atoms with Gasteiger partial charge in [0.1, 0.15) is 0 Å². The van der Waals surface area contributed by atoms with Crippen LogP contribution in [0.1, 0.15) is 31.1 Å². The quantitative estimate of drug-likeness (QED) is 0.863. The van der Waals surface area contributed by atoms with E-state index in [1.165, 1.54) is 10.0 Å². The van der Waals surface area contributed by atoms with Crippen LogP contribution in [0.2, 0.25) is 0 Å². The van der Waals surface area contributed by atoms with Gasteiger partial charge in [0.2, 0.25) is 0 Å². The van der Waals surface area contributed by atoms with Gasteiger partial charge in [-0.05, 0) is 45.0 Å². The minimum Gasteiger partial charge on any atom is -0.350 e. The third kappa shape index (κ3) is 3.69. The number of hydrogen-bond acceptors (Lipinski definition) is 2. The van der Waals surface area contributed by atoms with Crippen LogP contribution in [0.4, 0.5) is 10.5 Å². The van der Waals surface area contributed by atoms with Crippen LogP contribution in [-0.4, -0.2) is 22.5 Å². The fourth-order valence-corrected chi connectivity index (χ4v) is 2.31. The standard InChI is InChI=1S/C18H21N3O2/c1-18(2,3)21(16(22)14-10-6-4-7-11-14)20(17(19)23)15-12-8-5-9-13-15/h4-13H,1-3H3,(H2,19,23). The molecule has 0 saturated carbocycles. The van der Waals surface area contributed by atoms with Crippen molar-refractivity contribution in [2.24, 2.45) is 5.73 Å². The first-order valence-electron chi connectivity index (χ1n) is 7.36. The van der Waals surface area contributed by atoms with E-state index < -0.39 is 11.6 Å². The highest BCUT2D eigenvalue weighted by Gasteiger charge is 2.35. The highest BCUT2D eigenvalue weighted by Crippen LogP contribution is 2.25. The first-order valence-corrected chi connectivity index (χ1v) is 7.36. The zero-order valence-corrected chi connectivity index (χ0v) is 13.6. The third-order valence-corrected chi connectivity index (χ3v) is 3.26. The molecule has 5 nitrogen and oxygen atoms in total. The second kappa shape index (κ2) is 6.52. The van der Waals surface area contributed by atoms with Crippen LogP contribution in [0.5, 0.6) is 0 Å². The topological polar surface area (TPSA) is 66.6 Å². The van der Waals surface area contributed by atoms with Gasteiger partial charge in [0.15, 0.2) is 0 Å². The summed E-state index contributed by atoms with van der Waals surface area (Å²) >= 11 is 0. The van der Waals surface area contributed by atoms with Gasteiger partial charge in [-0.2, -0.15) is 5.01 Å². The molecule has 0 bridgehead atoms. The van der Waals surface area contributed by atoms with Crippen LogP contribution in [-0.2, 0) is 0 Å². The highest BCUT2D eigenvalue weighted by molar-refractivity contribution is 6.01. The molecule has 2 aromatic carbocycles. The van der Waals surface area contributed by atoms with E-state index >= 15 is 0 Å². The molecule has 2 aromatic rings. The molecule has 0 aliphatic carbocycles. The van der Waals surface area contributed by atoms with Crippen molar-refractivity contribution in [3.63, 3.8) is 0 Å². The molecule has 23 heavy (non-hydrogen) atoms. The van der Waals surface area contributed by atoms with Gasteiger partial charge in [-0.1, -0.05) is 36.4 Å². The summed E-state index contributed by atoms with van der Waals surface area (Å²) in [6, 6.07) is 17.0. The van der Waals surface area contributed by atoms with Gasteiger partial charge in [-0.3, -0.25) is 4.79 Å². The molecule has 0 aliphatic rings. The van der Waals surface area contributed by atoms with Gasteiger partial charge in [-0.25, -0.2) is 9.80 Å². The Kier molecular flexibility index (Phi) is 4.69. The van der Waals surface area contributed by atoms with Crippen LogP contribution < -0.4 is 10.7 Å². The normalized spacial score (nSPS) is 10.9. The molecule has 2 rings (SSSR count). The summed E-state index contributed by atoms with van der Waals surface area (Å²) in [7, 11) is 0. The Balaban J connectivity index is 2.53. The maximum absolute atomic E-state index is 13.0. The smallest absolute Gasteiger partial charge is 0.338 e. The Morgan fingerprint density at radius 1 is 0.870 bits per heavy atom. The van der Waals surface area contributed by atoms with E-state index in [-0.39, 0.29) is 5.91 Å². The number of urea groups is 1. The van der Waals surface area contributed by atoms with E-state index in [0.29, 0.717) is 11.3 Å². The number of carbonyl (C=O) groups excluding carboxylic acids is 2. The van der Waals surface area contributed by atoms with Crippen LogP contribution in [0.3, 0.4) is 0 Å². The number of hydrazine groups is 1. The lowest BCUT2D eigenvalue weighted by molar-refractivity contribution is 0.0569. The second-order valence-electron chi connectivity index (χ2n) is 6.14. The number of benzene rings is 2. The van der Waals surface area contributed by atoms with E-state index in [9.17, 15) is 9.59 Å². The molecule has 0 aliphatic heterocycles. The summed E-state index contributed by atoms with van der Waals surface area (Å²) in [6.07, 6.45) is 0. The Morgan fingerprint density at radius 2 is 1.35 bits per heavy atom. The van der Waals surface area contributed by atoms with Crippen molar-refractivity contribution in [2.75, 3.05) is 5.01 Å². The monoisotopic (exact) mass is 311 g/mol. The number of nitrogens with two attached hydrogens (primary N) is 1. The van der Waals surface area contributed by atoms with E-state index in [4.69, 9.17) is 5.73 Å². The number of anilines is 1. The van der Waals surface area contributed by atoms with Crippen molar-refractivity contribution in [3.8, 4) is 0 Å². The van der Waals surface area contributed by atoms with Crippen LogP contribution in [0.25, 0.3) is 0 Å². The molecule has 0 fully saturated rings. The molecule has 0 aromatic heterocycles. The summed E-state index contributed by atoms with van der Waals surface area (Å²) < 4.78 is 0. The summed E-state index contributed by atoms with van der Waals surface area (Å²) in [5.41, 5.74) is 5.97. The highest BCUT2D eigenvalue weighted by atomic mass is 16.2. The summed E-state index contributed by atoms with van der Waals surface area (Å²) in [6.45, 7) is 5.56. The van der Waals surface area contributed by atoms with Crippen molar-refractivity contribution in [2.45, 2.75) is 26.3 Å². The summed E-state index contributed by atoms with van der Waals surface area (Å²) in [4.78, 5) is 25.1. The van der Waals surface area contributed by atoms with Crippen molar-refractivity contribution < 1.29 is 9.59 Å². The van der Waals surface area contributed by atoms with Gasteiger partial charge in [0.25, 0.3) is 5.91 Å². The van der Waals surface area contributed by atoms with E-state index in [1.807, 2.05) is 32.9 Å². The number of hydrogen-bond donors (Lipinski definition) is 1. The first-order chi connectivity index (χ1) is 10.8. The van der Waals surface area contributed by atoms with Gasteiger partial charge in [-0.15, -0.1) is 0 Å². The van der Waals surface area contributed by atoms with E-state index in [0.717, 1.165) is 0 Å². The zero-order chi connectivity index (χ0) is 17.0. The molecule has 2 N–H and O–H groups in total. The number of amides is 3. The number of nitrogens with zero attached hydrogens (tertiary/aromatic N) is 2. The first kappa shape index (κ1) is 16.5. The molecule has 120 valence electrons. The fraction of sp³-hybridized carbons (Fsp3) is 0.222. The Morgan fingerprint density at radius 3 is 1.78 bits per heavy atom. The average molecular weight is 311 g/mol. The number of carbonyl (C=O) groups is 2. The number of rotatable bonds is 2. The molecule has 0 radical (unpaired) electrons. The molecular weight excluding hydrogens is 290 g/mol. The molecule has 0 atom stereocenters. The molecule has 0 heterocycles. The van der Waals surface area contributed by atoms with Crippen LogP contribution in [0.15, 0.2) is 60.7 Å². The van der Waals surface area contributed by atoms with Crippen molar-refractivity contribution in [1.82, 2.24) is 5.01 Å². The lowest BCUT2D eigenvalue weighted by Gasteiger charge is -2.42. The third-order valence-electron chi connectivity index (χ3n) is 3.26. The molecule has 0 unspecified atom stereocenters. The zero-order valence-electron chi connectivity index (χ0n) is 13.6.